The highest BCUT2D eigenvalue weighted by atomic mass is 33.1. The lowest BCUT2D eigenvalue weighted by Crippen LogP contribution is -2.31. The predicted molar refractivity (Wildman–Crippen MR) is 54.1 cm³/mol. The monoisotopic (exact) mass is 193 g/mol. The lowest BCUT2D eigenvalue weighted by Gasteiger charge is -2.19. The molecule has 0 aromatic heterocycles. The first-order valence-corrected chi connectivity index (χ1v) is 5.31. The van der Waals surface area contributed by atoms with Crippen molar-refractivity contribution in [3.8, 4) is 0 Å². The van der Waals surface area contributed by atoms with Crippen molar-refractivity contribution in [2.75, 3.05) is 6.54 Å². The first-order valence-electron chi connectivity index (χ1n) is 3.71. The van der Waals surface area contributed by atoms with Gasteiger partial charge in [-0.15, -0.1) is 23.3 Å². The zero-order valence-corrected chi connectivity index (χ0v) is 8.74. The van der Waals surface area contributed by atoms with E-state index < -0.39 is 0 Å². The Hall–Kier alpha value is 0.170. The quantitative estimate of drug-likeness (QED) is 0.480. The van der Waals surface area contributed by atoms with Gasteiger partial charge >= 0.3 is 0 Å². The van der Waals surface area contributed by atoms with Crippen molar-refractivity contribution < 1.29 is 4.79 Å². The molecule has 2 nitrogen and oxygen atoms in total. The molecule has 0 aliphatic carbocycles. The van der Waals surface area contributed by atoms with Crippen molar-refractivity contribution in [3.05, 3.63) is 0 Å². The Morgan fingerprint density at radius 1 is 1.45 bits per heavy atom. The van der Waals surface area contributed by atoms with Crippen molar-refractivity contribution >= 4 is 29.2 Å². The van der Waals surface area contributed by atoms with E-state index in [1.165, 1.54) is 0 Å². The van der Waals surface area contributed by atoms with Crippen LogP contribution in [-0.2, 0) is 4.79 Å². The normalized spacial score (nSPS) is 16.8. The fraction of sp³-hybridized carbons (Fsp3) is 0.857. The lowest BCUT2D eigenvalue weighted by atomic mass is 10.3. The fourth-order valence-corrected chi connectivity index (χ4v) is 1.22. The summed E-state index contributed by atoms with van der Waals surface area (Å²) in [7, 11) is 0. The van der Waals surface area contributed by atoms with E-state index in [1.807, 2.05) is 4.90 Å². The molecule has 0 spiro atoms. The Morgan fingerprint density at radius 3 is 2.18 bits per heavy atom. The molecule has 1 aliphatic rings. The van der Waals surface area contributed by atoms with Gasteiger partial charge in [0.05, 0.1) is 0 Å². The Labute approximate surface area is 78.6 Å². The van der Waals surface area contributed by atoms with E-state index in [4.69, 9.17) is 0 Å². The molecule has 1 saturated heterocycles. The standard InChI is InChI=1S/C7H13NO.H2S2/c1-6(2)8-5-3-4-7(8)9;1-2/h6H,3-5H2,1-2H3;1-2H. The fourth-order valence-electron chi connectivity index (χ4n) is 1.22. The summed E-state index contributed by atoms with van der Waals surface area (Å²) in [5.74, 6) is 0.324. The summed E-state index contributed by atoms with van der Waals surface area (Å²) in [6, 6.07) is 0.403. The van der Waals surface area contributed by atoms with Gasteiger partial charge in [-0.2, -0.15) is 0 Å². The highest BCUT2D eigenvalue weighted by molar-refractivity contribution is 8.59. The minimum atomic E-state index is 0.324. The van der Waals surface area contributed by atoms with E-state index in [2.05, 4.69) is 37.2 Å². The van der Waals surface area contributed by atoms with Crippen LogP contribution >= 0.6 is 23.3 Å². The summed E-state index contributed by atoms with van der Waals surface area (Å²) in [6.45, 7) is 5.09. The zero-order valence-electron chi connectivity index (χ0n) is 6.95. The highest BCUT2D eigenvalue weighted by Gasteiger charge is 2.21. The number of hydrogen-bond acceptors (Lipinski definition) is 3. The molecule has 0 N–H and O–H groups in total. The predicted octanol–water partition coefficient (Wildman–Crippen LogP) is 1.78. The van der Waals surface area contributed by atoms with Gasteiger partial charge in [0.1, 0.15) is 0 Å². The number of amides is 1. The van der Waals surface area contributed by atoms with Crippen LogP contribution in [0.3, 0.4) is 0 Å². The van der Waals surface area contributed by atoms with E-state index >= 15 is 0 Å². The average molecular weight is 193 g/mol. The van der Waals surface area contributed by atoms with E-state index in [0.29, 0.717) is 11.9 Å². The van der Waals surface area contributed by atoms with Crippen LogP contribution in [0.1, 0.15) is 26.7 Å². The number of likely N-dealkylation sites (tertiary alicyclic amines) is 1. The van der Waals surface area contributed by atoms with Gasteiger partial charge in [0.15, 0.2) is 0 Å². The molecule has 1 rings (SSSR count). The van der Waals surface area contributed by atoms with Gasteiger partial charge in [0.2, 0.25) is 5.91 Å². The molecule has 66 valence electrons. The third-order valence-electron chi connectivity index (χ3n) is 1.73. The molecular weight excluding hydrogens is 178 g/mol. The smallest absolute Gasteiger partial charge is 0.222 e. The van der Waals surface area contributed by atoms with E-state index in [9.17, 15) is 4.79 Å². The maximum Gasteiger partial charge on any atom is 0.222 e. The first kappa shape index (κ1) is 11.2. The van der Waals surface area contributed by atoms with Crippen molar-refractivity contribution in [1.29, 1.82) is 0 Å². The second-order valence-electron chi connectivity index (χ2n) is 2.78. The number of carbonyl (C=O) groups is 1. The first-order chi connectivity index (χ1) is 5.22. The van der Waals surface area contributed by atoms with Crippen molar-refractivity contribution in [2.45, 2.75) is 32.7 Å². The van der Waals surface area contributed by atoms with Gasteiger partial charge < -0.3 is 4.90 Å². The third-order valence-corrected chi connectivity index (χ3v) is 1.73. The van der Waals surface area contributed by atoms with Crippen LogP contribution in [-0.4, -0.2) is 23.4 Å². The molecular formula is C7H15NOS2. The summed E-state index contributed by atoms with van der Waals surface area (Å²) < 4.78 is 0. The summed E-state index contributed by atoms with van der Waals surface area (Å²) in [6.07, 6.45) is 1.81. The third kappa shape index (κ3) is 3.38. The summed E-state index contributed by atoms with van der Waals surface area (Å²) in [4.78, 5) is 12.9. The molecule has 1 amide bonds. The SMILES string of the molecule is CC(C)N1CCCC1=O.SS. The van der Waals surface area contributed by atoms with Crippen LogP contribution in [0.5, 0.6) is 0 Å². The Kier molecular flexibility index (Phi) is 5.86. The number of carbonyl (C=O) groups excluding carboxylic acids is 1. The molecule has 0 radical (unpaired) electrons. The van der Waals surface area contributed by atoms with Crippen LogP contribution < -0.4 is 0 Å². The maximum atomic E-state index is 10.9. The molecule has 0 unspecified atom stereocenters. The molecule has 0 saturated carbocycles. The molecule has 0 aromatic rings. The molecule has 1 fully saturated rings. The number of hydrogen-bond donors (Lipinski definition) is 2. The minimum Gasteiger partial charge on any atom is -0.340 e. The summed E-state index contributed by atoms with van der Waals surface area (Å²) in [5.41, 5.74) is 0. The molecule has 1 aliphatic heterocycles. The van der Waals surface area contributed by atoms with Crippen molar-refractivity contribution in [1.82, 2.24) is 4.90 Å². The van der Waals surface area contributed by atoms with Gasteiger partial charge in [-0.1, -0.05) is 0 Å². The molecule has 0 bridgehead atoms. The van der Waals surface area contributed by atoms with Gasteiger partial charge in [-0.05, 0) is 20.3 Å². The number of nitrogens with zero attached hydrogens (tertiary/aromatic N) is 1. The topological polar surface area (TPSA) is 20.3 Å². The molecule has 1 heterocycles. The largest absolute Gasteiger partial charge is 0.340 e. The van der Waals surface area contributed by atoms with Crippen LogP contribution in [0.25, 0.3) is 0 Å². The maximum absolute atomic E-state index is 10.9. The average Bonchev–Trinajstić information content (AvgIpc) is 2.39. The van der Waals surface area contributed by atoms with E-state index in [-0.39, 0.29) is 0 Å². The van der Waals surface area contributed by atoms with Crippen LogP contribution in [0.2, 0.25) is 0 Å². The van der Waals surface area contributed by atoms with Crippen LogP contribution in [0, 0.1) is 0 Å². The molecule has 0 aromatic carbocycles. The minimum absolute atomic E-state index is 0.324. The Morgan fingerprint density at radius 2 is 2.00 bits per heavy atom. The van der Waals surface area contributed by atoms with Crippen LogP contribution in [0.4, 0.5) is 0 Å². The second kappa shape index (κ2) is 5.77. The van der Waals surface area contributed by atoms with Gasteiger partial charge in [-0.3, -0.25) is 4.79 Å². The Bertz CT molecular complexity index is 128. The Balaban J connectivity index is 0.000000461. The van der Waals surface area contributed by atoms with E-state index in [0.717, 1.165) is 19.4 Å². The lowest BCUT2D eigenvalue weighted by molar-refractivity contribution is -0.129. The van der Waals surface area contributed by atoms with E-state index in [1.54, 1.807) is 0 Å². The van der Waals surface area contributed by atoms with Gasteiger partial charge in [0, 0.05) is 19.0 Å². The van der Waals surface area contributed by atoms with Crippen LogP contribution in [0.15, 0.2) is 0 Å². The second-order valence-corrected chi connectivity index (χ2v) is 2.78. The molecule has 0 atom stereocenters. The summed E-state index contributed by atoms with van der Waals surface area (Å²) in [5, 5.41) is 0. The highest BCUT2D eigenvalue weighted by Crippen LogP contribution is 2.12. The molecule has 4 heteroatoms. The van der Waals surface area contributed by atoms with Crippen molar-refractivity contribution in [3.63, 3.8) is 0 Å². The number of thiol groups is 2. The van der Waals surface area contributed by atoms with Gasteiger partial charge in [0.25, 0.3) is 0 Å². The van der Waals surface area contributed by atoms with Crippen molar-refractivity contribution in [2.24, 2.45) is 0 Å². The molecule has 11 heavy (non-hydrogen) atoms. The number of rotatable bonds is 1. The summed E-state index contributed by atoms with van der Waals surface area (Å²) >= 11 is 6.44. The zero-order chi connectivity index (χ0) is 8.85. The van der Waals surface area contributed by atoms with Gasteiger partial charge in [-0.25, -0.2) is 0 Å².